The lowest BCUT2D eigenvalue weighted by molar-refractivity contribution is -0.0512. The molecule has 1 saturated carbocycles. The molecular weight excluding hydrogens is 649 g/mol. The van der Waals surface area contributed by atoms with Gasteiger partial charge in [0, 0.05) is 55.3 Å². The monoisotopic (exact) mass is 697 g/mol. The molecule has 2 N–H and O–H groups in total. The van der Waals surface area contributed by atoms with Gasteiger partial charge in [0.15, 0.2) is 11.6 Å². The standard InChI is InChI=1S/C36H49ClFN7O4/c1-5-6-14-44(22-46)33-30(34(39-3)47-4)32(27(38)19-25-26-20-40-43-28(26)18-23(2)31(25)37)41-35(42-33)49-21-36-12-7-9-29(36)45(15-8-13-36)24-10-16-48-17-11-24/h18-20,24,29,46H,5-17,21-22H2,1-4H3,(H,40,43)/b27-19-,39-34?. The zero-order valence-electron chi connectivity index (χ0n) is 29.1. The Bertz CT molecular complexity index is 1680. The number of likely N-dealkylation sites (tertiary alicyclic amines) is 1. The number of piperidine rings is 1. The van der Waals surface area contributed by atoms with E-state index in [0.29, 0.717) is 47.0 Å². The number of aliphatic hydroxyl groups excluding tert-OH is 1. The Balaban J connectivity index is 1.43. The number of ether oxygens (including phenoxy) is 3. The molecule has 3 aromatic rings. The number of aryl methyl sites for hydroxylation is 1. The number of aliphatic imine (C=N–C) groups is 1. The molecule has 2 unspecified atom stereocenters. The number of hydrogen-bond donors (Lipinski definition) is 2. The molecule has 0 radical (unpaired) electrons. The van der Waals surface area contributed by atoms with Crippen LogP contribution in [0.1, 0.15) is 87.1 Å². The number of aliphatic hydroxyl groups is 1. The first-order chi connectivity index (χ1) is 23.8. The van der Waals surface area contributed by atoms with Crippen LogP contribution in [-0.2, 0) is 9.47 Å². The van der Waals surface area contributed by atoms with Crippen molar-refractivity contribution in [1.29, 1.82) is 0 Å². The molecule has 2 saturated heterocycles. The van der Waals surface area contributed by atoms with Crippen molar-refractivity contribution < 1.29 is 23.7 Å². The largest absolute Gasteiger partial charge is 0.481 e. The van der Waals surface area contributed by atoms with E-state index in [-0.39, 0.29) is 35.3 Å². The number of hydrogen-bond acceptors (Lipinski definition) is 10. The minimum absolute atomic E-state index is 0.0449. The molecule has 2 atom stereocenters. The number of methoxy groups -OCH3 is 1. The SMILES string of the molecule is CCCCN(CO)c1nc(OCC23CCCC2N(C2CCOCC2)CCC3)nc(/C(F)=C/c2c(Cl)c(C)cc3[nH]ncc23)c1C(=NC)OC. The summed E-state index contributed by atoms with van der Waals surface area (Å²) in [6, 6.07) is 2.86. The molecule has 2 aromatic heterocycles. The van der Waals surface area contributed by atoms with Crippen LogP contribution < -0.4 is 9.64 Å². The van der Waals surface area contributed by atoms with Crippen LogP contribution in [0.5, 0.6) is 6.01 Å². The molecule has 0 amide bonds. The van der Waals surface area contributed by atoms with Crippen molar-refractivity contribution in [2.24, 2.45) is 10.4 Å². The fraction of sp³-hybridized carbons (Fsp3) is 0.611. The molecule has 266 valence electrons. The molecule has 1 aliphatic carbocycles. The molecule has 1 aromatic carbocycles. The maximum Gasteiger partial charge on any atom is 0.319 e. The topological polar surface area (TPSA) is 121 Å². The maximum absolute atomic E-state index is 16.9. The van der Waals surface area contributed by atoms with Gasteiger partial charge in [-0.05, 0) is 76.1 Å². The second-order valence-electron chi connectivity index (χ2n) is 13.5. The number of unbranched alkanes of at least 4 members (excludes halogenated alkanes) is 1. The zero-order chi connectivity index (χ0) is 34.5. The van der Waals surface area contributed by atoms with Crippen LogP contribution in [0.4, 0.5) is 10.2 Å². The van der Waals surface area contributed by atoms with E-state index in [1.165, 1.54) is 13.2 Å². The lowest BCUT2D eigenvalue weighted by Crippen LogP contribution is -2.56. The molecule has 11 nitrogen and oxygen atoms in total. The number of fused-ring (bicyclic) bond motifs is 2. The summed E-state index contributed by atoms with van der Waals surface area (Å²) >= 11 is 6.75. The average molecular weight is 698 g/mol. The van der Waals surface area contributed by atoms with E-state index < -0.39 is 5.83 Å². The number of aromatic nitrogens is 4. The molecule has 0 bridgehead atoms. The van der Waals surface area contributed by atoms with Crippen LogP contribution in [0.3, 0.4) is 0 Å². The second kappa shape index (κ2) is 15.7. The Morgan fingerprint density at radius 1 is 1.27 bits per heavy atom. The van der Waals surface area contributed by atoms with Gasteiger partial charge >= 0.3 is 6.01 Å². The van der Waals surface area contributed by atoms with Gasteiger partial charge in [-0.15, -0.1) is 0 Å². The molecule has 6 rings (SSSR count). The molecule has 0 spiro atoms. The van der Waals surface area contributed by atoms with Gasteiger partial charge in [-0.25, -0.2) is 4.39 Å². The van der Waals surface area contributed by atoms with Crippen molar-refractivity contribution in [2.75, 3.05) is 58.7 Å². The highest BCUT2D eigenvalue weighted by molar-refractivity contribution is 6.34. The molecule has 2 aliphatic heterocycles. The summed E-state index contributed by atoms with van der Waals surface area (Å²) in [5.41, 5.74) is 2.10. The highest BCUT2D eigenvalue weighted by Crippen LogP contribution is 2.49. The smallest absolute Gasteiger partial charge is 0.319 e. The Kier molecular flexibility index (Phi) is 11.4. The number of H-pyrrole nitrogens is 1. The van der Waals surface area contributed by atoms with Gasteiger partial charge in [0.05, 0.1) is 30.5 Å². The van der Waals surface area contributed by atoms with Crippen LogP contribution in [0, 0.1) is 12.3 Å². The van der Waals surface area contributed by atoms with Crippen LogP contribution in [0.15, 0.2) is 17.3 Å². The lowest BCUT2D eigenvalue weighted by Gasteiger charge is -2.50. The highest BCUT2D eigenvalue weighted by atomic mass is 35.5. The minimum Gasteiger partial charge on any atom is -0.481 e. The minimum atomic E-state index is -0.676. The van der Waals surface area contributed by atoms with Gasteiger partial charge in [0.2, 0.25) is 5.90 Å². The summed E-state index contributed by atoms with van der Waals surface area (Å²) in [5.74, 6) is -0.253. The van der Waals surface area contributed by atoms with Crippen LogP contribution in [0.25, 0.3) is 22.8 Å². The first kappa shape index (κ1) is 35.5. The van der Waals surface area contributed by atoms with E-state index >= 15 is 4.39 Å². The molecule has 3 fully saturated rings. The fourth-order valence-corrected chi connectivity index (χ4v) is 8.37. The van der Waals surface area contributed by atoms with E-state index in [2.05, 4.69) is 27.0 Å². The van der Waals surface area contributed by atoms with Crippen molar-refractivity contribution in [2.45, 2.75) is 83.7 Å². The third-order valence-electron chi connectivity index (χ3n) is 10.6. The number of rotatable bonds is 12. The Morgan fingerprint density at radius 2 is 2.06 bits per heavy atom. The molecular formula is C36H49ClFN7O4. The van der Waals surface area contributed by atoms with Crippen molar-refractivity contribution in [3.05, 3.63) is 39.7 Å². The number of nitrogens with one attached hydrogen (secondary N) is 1. The van der Waals surface area contributed by atoms with Crippen molar-refractivity contribution >= 4 is 46.1 Å². The Labute approximate surface area is 292 Å². The highest BCUT2D eigenvalue weighted by Gasteiger charge is 2.50. The van der Waals surface area contributed by atoms with Gasteiger partial charge in [-0.1, -0.05) is 31.4 Å². The summed E-state index contributed by atoms with van der Waals surface area (Å²) < 4.78 is 34.8. The van der Waals surface area contributed by atoms with E-state index in [0.717, 1.165) is 88.6 Å². The average Bonchev–Trinajstić information content (AvgIpc) is 3.78. The summed E-state index contributed by atoms with van der Waals surface area (Å²) in [5, 5.41) is 18.8. The fourth-order valence-electron chi connectivity index (χ4n) is 8.16. The summed E-state index contributed by atoms with van der Waals surface area (Å²) in [6.45, 7) is 7.21. The number of nitrogens with zero attached hydrogens (tertiary/aromatic N) is 6. The summed E-state index contributed by atoms with van der Waals surface area (Å²) in [6.07, 6.45) is 12.3. The third kappa shape index (κ3) is 7.15. The van der Waals surface area contributed by atoms with Crippen molar-refractivity contribution in [1.82, 2.24) is 25.1 Å². The normalized spacial score (nSPS) is 22.5. The van der Waals surface area contributed by atoms with E-state index in [1.807, 2.05) is 13.0 Å². The summed E-state index contributed by atoms with van der Waals surface area (Å²) in [4.78, 5) is 18.3. The first-order valence-corrected chi connectivity index (χ1v) is 18.0. The quantitative estimate of drug-likeness (QED) is 0.123. The maximum atomic E-state index is 16.9. The predicted octanol–water partition coefficient (Wildman–Crippen LogP) is 6.55. The lowest BCUT2D eigenvalue weighted by atomic mass is 9.74. The van der Waals surface area contributed by atoms with Gasteiger partial charge in [0.25, 0.3) is 0 Å². The predicted molar refractivity (Wildman–Crippen MR) is 191 cm³/mol. The summed E-state index contributed by atoms with van der Waals surface area (Å²) in [7, 11) is 3.03. The van der Waals surface area contributed by atoms with Crippen molar-refractivity contribution in [3.63, 3.8) is 0 Å². The number of benzene rings is 1. The number of aromatic amines is 1. The molecule has 4 heterocycles. The van der Waals surface area contributed by atoms with Gasteiger partial charge in [0.1, 0.15) is 18.0 Å². The van der Waals surface area contributed by atoms with Gasteiger partial charge in [-0.2, -0.15) is 15.1 Å². The van der Waals surface area contributed by atoms with Crippen LogP contribution >= 0.6 is 11.6 Å². The van der Waals surface area contributed by atoms with E-state index in [4.69, 9.17) is 35.8 Å². The zero-order valence-corrected chi connectivity index (χ0v) is 29.9. The first-order valence-electron chi connectivity index (χ1n) is 17.6. The number of halogens is 2. The van der Waals surface area contributed by atoms with Crippen LogP contribution in [-0.4, -0.2) is 102 Å². The van der Waals surface area contributed by atoms with E-state index in [9.17, 15) is 5.11 Å². The third-order valence-corrected chi connectivity index (χ3v) is 11.1. The van der Waals surface area contributed by atoms with Crippen LogP contribution in [0.2, 0.25) is 5.02 Å². The molecule has 3 aliphatic rings. The van der Waals surface area contributed by atoms with Crippen molar-refractivity contribution in [3.8, 4) is 6.01 Å². The Morgan fingerprint density at radius 3 is 2.80 bits per heavy atom. The Hall–Kier alpha value is -3.32. The molecule has 13 heteroatoms. The number of anilines is 1. The van der Waals surface area contributed by atoms with E-state index in [1.54, 1.807) is 18.1 Å². The molecule has 49 heavy (non-hydrogen) atoms. The van der Waals surface area contributed by atoms with Gasteiger partial charge in [-0.3, -0.25) is 15.0 Å². The van der Waals surface area contributed by atoms with Gasteiger partial charge < -0.3 is 24.2 Å². The second-order valence-corrected chi connectivity index (χ2v) is 13.9.